The zero-order valence-electron chi connectivity index (χ0n) is 12.7. The maximum absolute atomic E-state index is 4.19. The highest BCUT2D eigenvalue weighted by atomic mass is 15.2. The van der Waals surface area contributed by atoms with Crippen LogP contribution in [0.2, 0.25) is 0 Å². The van der Waals surface area contributed by atoms with E-state index >= 15 is 0 Å². The van der Waals surface area contributed by atoms with Gasteiger partial charge >= 0.3 is 0 Å². The molecule has 0 amide bonds. The van der Waals surface area contributed by atoms with Crippen molar-refractivity contribution in [2.75, 3.05) is 10.6 Å². The maximum atomic E-state index is 4.19. The highest BCUT2D eigenvalue weighted by molar-refractivity contribution is 5.60. The Balaban J connectivity index is 1.67. The first kappa shape index (κ1) is 14.1. The molecule has 1 aromatic heterocycles. The first-order valence-electron chi connectivity index (χ1n) is 7.20. The minimum atomic E-state index is 0.721. The van der Waals surface area contributed by atoms with Gasteiger partial charge in [0.05, 0.1) is 0 Å². The Morgan fingerprint density at radius 1 is 0.545 bits per heavy atom. The second-order valence-corrected chi connectivity index (χ2v) is 5.29. The summed E-state index contributed by atoms with van der Waals surface area (Å²) < 4.78 is 0. The third kappa shape index (κ3) is 3.61. The molecule has 0 saturated carbocycles. The number of hydrogen-bond donors (Lipinski definition) is 2. The molecule has 2 N–H and O–H groups in total. The summed E-state index contributed by atoms with van der Waals surface area (Å²) in [5.41, 5.74) is 4.46. The summed E-state index contributed by atoms with van der Waals surface area (Å²) in [5, 5.41) is 14.8. The average molecular weight is 290 g/mol. The van der Waals surface area contributed by atoms with Gasteiger partial charge in [0.2, 0.25) is 0 Å². The lowest BCUT2D eigenvalue weighted by Gasteiger charge is -2.08. The molecule has 0 radical (unpaired) electrons. The van der Waals surface area contributed by atoms with Crippen LogP contribution in [0.25, 0.3) is 0 Å². The van der Waals surface area contributed by atoms with Crippen LogP contribution in [0.3, 0.4) is 0 Å². The first-order chi connectivity index (χ1) is 10.7. The maximum Gasteiger partial charge on any atom is 0.153 e. The van der Waals surface area contributed by atoms with Crippen LogP contribution >= 0.6 is 0 Å². The van der Waals surface area contributed by atoms with Gasteiger partial charge in [-0.25, -0.2) is 0 Å². The lowest BCUT2D eigenvalue weighted by molar-refractivity contribution is 1.04. The Hall–Kier alpha value is -2.88. The van der Waals surface area contributed by atoms with Crippen molar-refractivity contribution in [2.24, 2.45) is 0 Å². The van der Waals surface area contributed by atoms with Gasteiger partial charge in [-0.2, -0.15) is 0 Å². The van der Waals surface area contributed by atoms with E-state index in [0.29, 0.717) is 0 Å². The molecular formula is C18H18N4. The molecule has 0 unspecified atom stereocenters. The van der Waals surface area contributed by atoms with E-state index in [0.717, 1.165) is 23.0 Å². The fourth-order valence-corrected chi connectivity index (χ4v) is 2.04. The summed E-state index contributed by atoms with van der Waals surface area (Å²) in [6.07, 6.45) is 0. The SMILES string of the molecule is Cc1ccc(Nc2ccc(Nc3ccc(C)cc3)nn2)cc1. The van der Waals surface area contributed by atoms with Crippen molar-refractivity contribution in [1.29, 1.82) is 0 Å². The van der Waals surface area contributed by atoms with Crippen LogP contribution in [0, 0.1) is 13.8 Å². The predicted molar refractivity (Wildman–Crippen MR) is 91.0 cm³/mol. The zero-order chi connectivity index (χ0) is 15.4. The second-order valence-electron chi connectivity index (χ2n) is 5.29. The number of rotatable bonds is 4. The van der Waals surface area contributed by atoms with Crippen LogP contribution in [-0.2, 0) is 0 Å². The Bertz CT molecular complexity index is 665. The Morgan fingerprint density at radius 3 is 1.23 bits per heavy atom. The smallest absolute Gasteiger partial charge is 0.153 e. The van der Waals surface area contributed by atoms with Gasteiger partial charge in [-0.15, -0.1) is 10.2 Å². The molecule has 2 aromatic carbocycles. The summed E-state index contributed by atoms with van der Waals surface area (Å²) in [7, 11) is 0. The van der Waals surface area contributed by atoms with Crippen molar-refractivity contribution in [3.63, 3.8) is 0 Å². The Kier molecular flexibility index (Phi) is 4.01. The molecule has 4 nitrogen and oxygen atoms in total. The summed E-state index contributed by atoms with van der Waals surface area (Å²) in [6, 6.07) is 20.1. The molecule has 22 heavy (non-hydrogen) atoms. The van der Waals surface area contributed by atoms with Crippen LogP contribution < -0.4 is 10.6 Å². The van der Waals surface area contributed by atoms with Gasteiger partial charge < -0.3 is 10.6 Å². The lowest BCUT2D eigenvalue weighted by Crippen LogP contribution is -1.99. The van der Waals surface area contributed by atoms with Crippen LogP contribution in [0.4, 0.5) is 23.0 Å². The molecule has 0 aliphatic carbocycles. The van der Waals surface area contributed by atoms with Crippen molar-refractivity contribution in [2.45, 2.75) is 13.8 Å². The Labute approximate surface area is 130 Å². The normalized spacial score (nSPS) is 10.3. The largest absolute Gasteiger partial charge is 0.339 e. The van der Waals surface area contributed by atoms with E-state index < -0.39 is 0 Å². The fraction of sp³-hybridized carbons (Fsp3) is 0.111. The Morgan fingerprint density at radius 2 is 0.909 bits per heavy atom. The monoisotopic (exact) mass is 290 g/mol. The van der Waals surface area contributed by atoms with Gasteiger partial charge in [-0.05, 0) is 50.2 Å². The van der Waals surface area contributed by atoms with Gasteiger partial charge in [0.15, 0.2) is 11.6 Å². The molecule has 3 rings (SSSR count). The predicted octanol–water partition coefficient (Wildman–Crippen LogP) is 4.58. The molecule has 1 heterocycles. The summed E-state index contributed by atoms with van der Waals surface area (Å²) in [4.78, 5) is 0. The highest BCUT2D eigenvalue weighted by Gasteiger charge is 2.00. The van der Waals surface area contributed by atoms with Crippen LogP contribution in [0.15, 0.2) is 60.7 Å². The number of nitrogens with one attached hydrogen (secondary N) is 2. The zero-order valence-corrected chi connectivity index (χ0v) is 12.7. The lowest BCUT2D eigenvalue weighted by atomic mass is 10.2. The van der Waals surface area contributed by atoms with E-state index in [9.17, 15) is 0 Å². The molecule has 3 aromatic rings. The molecule has 110 valence electrons. The number of aromatic nitrogens is 2. The molecule has 0 saturated heterocycles. The van der Waals surface area contributed by atoms with Crippen molar-refractivity contribution >= 4 is 23.0 Å². The first-order valence-corrected chi connectivity index (χ1v) is 7.20. The molecule has 0 aliphatic heterocycles. The molecule has 4 heteroatoms. The van der Waals surface area contributed by atoms with Gasteiger partial charge in [0, 0.05) is 11.4 Å². The van der Waals surface area contributed by atoms with Crippen LogP contribution in [-0.4, -0.2) is 10.2 Å². The quantitative estimate of drug-likeness (QED) is 0.738. The number of hydrogen-bond acceptors (Lipinski definition) is 4. The molecule has 0 fully saturated rings. The van der Waals surface area contributed by atoms with E-state index in [1.54, 1.807) is 0 Å². The van der Waals surface area contributed by atoms with Crippen molar-refractivity contribution in [3.05, 3.63) is 71.8 Å². The summed E-state index contributed by atoms with van der Waals surface area (Å²) in [5.74, 6) is 1.44. The minimum Gasteiger partial charge on any atom is -0.339 e. The molecule has 0 atom stereocenters. The van der Waals surface area contributed by atoms with Gasteiger partial charge in [0.1, 0.15) is 0 Å². The van der Waals surface area contributed by atoms with Crippen molar-refractivity contribution in [3.8, 4) is 0 Å². The van der Waals surface area contributed by atoms with E-state index in [4.69, 9.17) is 0 Å². The molecular weight excluding hydrogens is 272 g/mol. The number of nitrogens with zero attached hydrogens (tertiary/aromatic N) is 2. The minimum absolute atomic E-state index is 0.721. The van der Waals surface area contributed by atoms with E-state index in [2.05, 4.69) is 58.9 Å². The molecule has 0 aliphatic rings. The average Bonchev–Trinajstić information content (AvgIpc) is 2.54. The van der Waals surface area contributed by atoms with Gasteiger partial charge in [0.25, 0.3) is 0 Å². The summed E-state index contributed by atoms with van der Waals surface area (Å²) in [6.45, 7) is 4.13. The number of aryl methyl sites for hydroxylation is 2. The molecule has 0 spiro atoms. The van der Waals surface area contributed by atoms with E-state index in [1.165, 1.54) is 11.1 Å². The number of anilines is 4. The van der Waals surface area contributed by atoms with Crippen molar-refractivity contribution in [1.82, 2.24) is 10.2 Å². The standard InChI is InChI=1S/C18H18N4/c1-13-3-7-15(8-4-13)19-17-11-12-18(22-21-17)20-16-9-5-14(2)6-10-16/h3-12H,1-2H3,(H,19,21)(H,20,22). The molecule has 0 bridgehead atoms. The van der Waals surface area contributed by atoms with Crippen molar-refractivity contribution < 1.29 is 0 Å². The third-order valence-corrected chi connectivity index (χ3v) is 3.31. The van der Waals surface area contributed by atoms with E-state index in [1.807, 2.05) is 36.4 Å². The third-order valence-electron chi connectivity index (χ3n) is 3.31. The number of benzene rings is 2. The van der Waals surface area contributed by atoms with E-state index in [-0.39, 0.29) is 0 Å². The second kappa shape index (κ2) is 6.26. The topological polar surface area (TPSA) is 49.8 Å². The van der Waals surface area contributed by atoms with Crippen LogP contribution in [0.5, 0.6) is 0 Å². The van der Waals surface area contributed by atoms with Crippen LogP contribution in [0.1, 0.15) is 11.1 Å². The van der Waals surface area contributed by atoms with Gasteiger partial charge in [-0.3, -0.25) is 0 Å². The fourth-order valence-electron chi connectivity index (χ4n) is 2.04. The summed E-state index contributed by atoms with van der Waals surface area (Å²) >= 11 is 0. The highest BCUT2D eigenvalue weighted by Crippen LogP contribution is 2.18. The van der Waals surface area contributed by atoms with Gasteiger partial charge in [-0.1, -0.05) is 35.4 Å².